The van der Waals surface area contributed by atoms with E-state index in [2.05, 4.69) is 22.3 Å². The molecule has 4 nitrogen and oxygen atoms in total. The molecular weight excluding hydrogens is 252 g/mol. The summed E-state index contributed by atoms with van der Waals surface area (Å²) in [7, 11) is 3.50. The average molecular weight is 276 g/mol. The normalized spacial score (nSPS) is 21.5. The maximum absolute atomic E-state index is 5.62. The van der Waals surface area contributed by atoms with Gasteiger partial charge in [0.05, 0.1) is 19.8 Å². The summed E-state index contributed by atoms with van der Waals surface area (Å²) in [6.45, 7) is 4.34. The minimum atomic E-state index is 0.434. The van der Waals surface area contributed by atoms with Crippen LogP contribution in [0.2, 0.25) is 0 Å². The SMILES string of the molecule is COc1cccc(OC)c1[C@@H](C1CC1)N1CCNCC1. The fourth-order valence-corrected chi connectivity index (χ4v) is 3.26. The van der Waals surface area contributed by atoms with Gasteiger partial charge in [0, 0.05) is 32.2 Å². The Morgan fingerprint density at radius 1 is 1.10 bits per heavy atom. The summed E-state index contributed by atoms with van der Waals surface area (Å²) in [4.78, 5) is 2.59. The lowest BCUT2D eigenvalue weighted by atomic mass is 9.97. The van der Waals surface area contributed by atoms with Gasteiger partial charge in [-0.1, -0.05) is 6.07 Å². The molecule has 2 aliphatic rings. The number of nitrogens with one attached hydrogen (secondary N) is 1. The third kappa shape index (κ3) is 2.63. The Labute approximate surface area is 121 Å². The maximum Gasteiger partial charge on any atom is 0.127 e. The van der Waals surface area contributed by atoms with Crippen LogP contribution in [0.1, 0.15) is 24.4 Å². The molecule has 0 unspecified atom stereocenters. The van der Waals surface area contributed by atoms with Crippen molar-refractivity contribution < 1.29 is 9.47 Å². The van der Waals surface area contributed by atoms with Crippen molar-refractivity contribution in [3.05, 3.63) is 23.8 Å². The van der Waals surface area contributed by atoms with Crippen LogP contribution in [-0.2, 0) is 0 Å². The zero-order valence-electron chi connectivity index (χ0n) is 12.4. The van der Waals surface area contributed by atoms with E-state index in [1.807, 2.05) is 6.07 Å². The lowest BCUT2D eigenvalue weighted by Gasteiger charge is -2.36. The number of piperazine rings is 1. The highest BCUT2D eigenvalue weighted by Crippen LogP contribution is 2.49. The Morgan fingerprint density at radius 2 is 1.70 bits per heavy atom. The van der Waals surface area contributed by atoms with Crippen molar-refractivity contribution in [1.82, 2.24) is 10.2 Å². The molecule has 1 aromatic carbocycles. The van der Waals surface area contributed by atoms with Crippen LogP contribution < -0.4 is 14.8 Å². The van der Waals surface area contributed by atoms with Gasteiger partial charge >= 0.3 is 0 Å². The van der Waals surface area contributed by atoms with Crippen LogP contribution in [-0.4, -0.2) is 45.3 Å². The van der Waals surface area contributed by atoms with Gasteiger partial charge in [-0.2, -0.15) is 0 Å². The highest BCUT2D eigenvalue weighted by Gasteiger charge is 2.39. The fraction of sp³-hybridized carbons (Fsp3) is 0.625. The van der Waals surface area contributed by atoms with E-state index < -0.39 is 0 Å². The van der Waals surface area contributed by atoms with Gasteiger partial charge in [0.15, 0.2) is 0 Å². The molecule has 2 fully saturated rings. The quantitative estimate of drug-likeness (QED) is 0.892. The van der Waals surface area contributed by atoms with Crippen LogP contribution in [0.3, 0.4) is 0 Å². The van der Waals surface area contributed by atoms with E-state index in [1.165, 1.54) is 18.4 Å². The van der Waals surface area contributed by atoms with E-state index in [0.29, 0.717) is 6.04 Å². The molecule has 0 amide bonds. The minimum absolute atomic E-state index is 0.434. The van der Waals surface area contributed by atoms with Gasteiger partial charge in [0.1, 0.15) is 11.5 Å². The van der Waals surface area contributed by atoms with Crippen LogP contribution in [0.4, 0.5) is 0 Å². The zero-order chi connectivity index (χ0) is 13.9. The third-order valence-electron chi connectivity index (χ3n) is 4.38. The van der Waals surface area contributed by atoms with Gasteiger partial charge < -0.3 is 14.8 Å². The topological polar surface area (TPSA) is 33.7 Å². The van der Waals surface area contributed by atoms with Crippen molar-refractivity contribution in [2.24, 2.45) is 5.92 Å². The van der Waals surface area contributed by atoms with Crippen molar-refractivity contribution in [2.75, 3.05) is 40.4 Å². The summed E-state index contributed by atoms with van der Waals surface area (Å²) in [5.41, 5.74) is 1.24. The lowest BCUT2D eigenvalue weighted by molar-refractivity contribution is 0.150. The Balaban J connectivity index is 1.97. The van der Waals surface area contributed by atoms with Crippen LogP contribution in [0.5, 0.6) is 11.5 Å². The number of ether oxygens (including phenoxy) is 2. The number of nitrogens with zero attached hydrogens (tertiary/aromatic N) is 1. The fourth-order valence-electron chi connectivity index (χ4n) is 3.26. The molecule has 1 heterocycles. The largest absolute Gasteiger partial charge is 0.496 e. The first-order chi connectivity index (χ1) is 9.85. The van der Waals surface area contributed by atoms with Crippen molar-refractivity contribution in [2.45, 2.75) is 18.9 Å². The zero-order valence-corrected chi connectivity index (χ0v) is 12.4. The summed E-state index contributed by atoms with van der Waals surface area (Å²) >= 11 is 0. The summed E-state index contributed by atoms with van der Waals surface area (Å²) in [5, 5.41) is 3.43. The molecule has 3 rings (SSSR count). The molecule has 1 atom stereocenters. The molecule has 0 bridgehead atoms. The lowest BCUT2D eigenvalue weighted by Crippen LogP contribution is -2.45. The molecule has 4 heteroatoms. The van der Waals surface area contributed by atoms with Gasteiger partial charge in [-0.05, 0) is 30.9 Å². The molecule has 110 valence electrons. The van der Waals surface area contributed by atoms with Crippen molar-refractivity contribution in [3.63, 3.8) is 0 Å². The van der Waals surface area contributed by atoms with Crippen LogP contribution >= 0.6 is 0 Å². The molecule has 1 N–H and O–H groups in total. The van der Waals surface area contributed by atoms with Gasteiger partial charge in [-0.25, -0.2) is 0 Å². The van der Waals surface area contributed by atoms with Crippen molar-refractivity contribution in [1.29, 1.82) is 0 Å². The van der Waals surface area contributed by atoms with Crippen LogP contribution in [0.15, 0.2) is 18.2 Å². The number of hydrogen-bond donors (Lipinski definition) is 1. The monoisotopic (exact) mass is 276 g/mol. The van der Waals surface area contributed by atoms with Crippen molar-refractivity contribution >= 4 is 0 Å². The predicted octanol–water partition coefficient (Wildman–Crippen LogP) is 2.06. The molecule has 20 heavy (non-hydrogen) atoms. The molecule has 0 radical (unpaired) electrons. The molecule has 1 saturated carbocycles. The summed E-state index contributed by atoms with van der Waals surface area (Å²) < 4.78 is 11.2. The first-order valence-corrected chi connectivity index (χ1v) is 7.51. The number of benzene rings is 1. The Morgan fingerprint density at radius 3 is 2.20 bits per heavy atom. The molecule has 1 aliphatic heterocycles. The second-order valence-corrected chi connectivity index (χ2v) is 5.64. The molecule has 1 saturated heterocycles. The van der Waals surface area contributed by atoms with E-state index in [-0.39, 0.29) is 0 Å². The van der Waals surface area contributed by atoms with Crippen LogP contribution in [0.25, 0.3) is 0 Å². The van der Waals surface area contributed by atoms with Gasteiger partial charge in [-0.3, -0.25) is 4.90 Å². The number of hydrogen-bond acceptors (Lipinski definition) is 4. The van der Waals surface area contributed by atoms with Gasteiger partial charge in [-0.15, -0.1) is 0 Å². The highest BCUT2D eigenvalue weighted by atomic mass is 16.5. The Bertz CT molecular complexity index is 432. The molecular formula is C16H24N2O2. The predicted molar refractivity (Wildman–Crippen MR) is 79.5 cm³/mol. The smallest absolute Gasteiger partial charge is 0.127 e. The molecule has 1 aromatic rings. The number of rotatable bonds is 5. The molecule has 0 spiro atoms. The van der Waals surface area contributed by atoms with E-state index in [9.17, 15) is 0 Å². The first-order valence-electron chi connectivity index (χ1n) is 7.51. The maximum atomic E-state index is 5.62. The third-order valence-corrected chi connectivity index (χ3v) is 4.38. The average Bonchev–Trinajstić information content (AvgIpc) is 3.33. The standard InChI is InChI=1S/C16H24N2O2/c1-19-13-4-3-5-14(20-2)15(13)16(12-6-7-12)18-10-8-17-9-11-18/h3-5,12,16-17H,6-11H2,1-2H3/t16-/m1/s1. The molecule has 0 aromatic heterocycles. The second-order valence-electron chi connectivity index (χ2n) is 5.64. The first kappa shape index (κ1) is 13.7. The van der Waals surface area contributed by atoms with E-state index >= 15 is 0 Å². The highest BCUT2D eigenvalue weighted by molar-refractivity contribution is 5.47. The van der Waals surface area contributed by atoms with Crippen molar-refractivity contribution in [3.8, 4) is 11.5 Å². The van der Waals surface area contributed by atoms with E-state index in [4.69, 9.17) is 9.47 Å². The summed E-state index contributed by atoms with van der Waals surface area (Å²) in [5.74, 6) is 2.66. The van der Waals surface area contributed by atoms with Gasteiger partial charge in [0.25, 0.3) is 0 Å². The Hall–Kier alpha value is -1.26. The summed E-state index contributed by atoms with van der Waals surface area (Å²) in [6, 6.07) is 6.54. The molecule has 1 aliphatic carbocycles. The second kappa shape index (κ2) is 6.02. The van der Waals surface area contributed by atoms with Crippen LogP contribution in [0, 0.1) is 5.92 Å². The Kier molecular flexibility index (Phi) is 4.13. The number of methoxy groups -OCH3 is 2. The van der Waals surface area contributed by atoms with Gasteiger partial charge in [0.2, 0.25) is 0 Å². The summed E-state index contributed by atoms with van der Waals surface area (Å²) in [6.07, 6.45) is 2.63. The van der Waals surface area contributed by atoms with E-state index in [1.54, 1.807) is 14.2 Å². The minimum Gasteiger partial charge on any atom is -0.496 e. The van der Waals surface area contributed by atoms with E-state index in [0.717, 1.165) is 43.6 Å².